The number of fused-ring (bicyclic) bond motifs is 1. The summed E-state index contributed by atoms with van der Waals surface area (Å²) in [6.07, 6.45) is 8.36. The number of rotatable bonds is 2. The lowest BCUT2D eigenvalue weighted by molar-refractivity contribution is -0.140. The van der Waals surface area contributed by atoms with Gasteiger partial charge in [-0.25, -0.2) is 4.98 Å². The number of carbonyl (C=O) groups is 2. The van der Waals surface area contributed by atoms with Gasteiger partial charge in [0, 0.05) is 62.9 Å². The van der Waals surface area contributed by atoms with Crippen LogP contribution in [0.2, 0.25) is 0 Å². The van der Waals surface area contributed by atoms with E-state index in [-0.39, 0.29) is 5.92 Å². The molecule has 4 heterocycles. The molecule has 4 rings (SSSR count). The molecular formula is C19H28N4O2. The van der Waals surface area contributed by atoms with Crippen LogP contribution >= 0.6 is 0 Å². The SMILES string of the molecule is Cc1ncc2n1CCC(C(=O)N1CCC(N3CCCCC3=O)CC1)C2. The first-order chi connectivity index (χ1) is 12.1. The van der Waals surface area contributed by atoms with E-state index in [1.807, 2.05) is 18.0 Å². The summed E-state index contributed by atoms with van der Waals surface area (Å²) in [5, 5.41) is 0. The summed E-state index contributed by atoms with van der Waals surface area (Å²) >= 11 is 0. The summed E-state index contributed by atoms with van der Waals surface area (Å²) in [6, 6.07) is 0.340. The van der Waals surface area contributed by atoms with Crippen molar-refractivity contribution in [3.8, 4) is 0 Å². The number of hydrogen-bond donors (Lipinski definition) is 0. The van der Waals surface area contributed by atoms with Gasteiger partial charge in [-0.1, -0.05) is 0 Å². The van der Waals surface area contributed by atoms with Crippen LogP contribution in [0.5, 0.6) is 0 Å². The molecule has 1 atom stereocenters. The van der Waals surface area contributed by atoms with Gasteiger partial charge in [0.25, 0.3) is 0 Å². The summed E-state index contributed by atoms with van der Waals surface area (Å²) in [6.45, 7) is 5.42. The number of amides is 2. The monoisotopic (exact) mass is 344 g/mol. The molecule has 1 aromatic rings. The summed E-state index contributed by atoms with van der Waals surface area (Å²) in [5.74, 6) is 1.75. The van der Waals surface area contributed by atoms with Crippen molar-refractivity contribution in [3.63, 3.8) is 0 Å². The zero-order valence-corrected chi connectivity index (χ0v) is 15.1. The first-order valence-electron chi connectivity index (χ1n) is 9.73. The predicted octanol–water partition coefficient (Wildman–Crippen LogP) is 1.76. The maximum absolute atomic E-state index is 12.9. The van der Waals surface area contributed by atoms with Crippen molar-refractivity contribution in [1.29, 1.82) is 0 Å². The maximum Gasteiger partial charge on any atom is 0.226 e. The number of imidazole rings is 1. The molecule has 0 N–H and O–H groups in total. The minimum Gasteiger partial charge on any atom is -0.342 e. The van der Waals surface area contributed by atoms with Gasteiger partial charge < -0.3 is 14.4 Å². The number of aromatic nitrogens is 2. The Labute approximate surface area is 149 Å². The van der Waals surface area contributed by atoms with Gasteiger partial charge in [-0.05, 0) is 39.0 Å². The van der Waals surface area contributed by atoms with Crippen LogP contribution in [0.25, 0.3) is 0 Å². The average Bonchev–Trinajstić information content (AvgIpc) is 3.02. The molecule has 0 aliphatic carbocycles. The van der Waals surface area contributed by atoms with Crippen LogP contribution in [0, 0.1) is 12.8 Å². The lowest BCUT2D eigenvalue weighted by Crippen LogP contribution is -2.51. The molecule has 2 amide bonds. The molecule has 3 aliphatic heterocycles. The number of nitrogens with zero attached hydrogens (tertiary/aromatic N) is 4. The number of likely N-dealkylation sites (tertiary alicyclic amines) is 2. The lowest BCUT2D eigenvalue weighted by atomic mass is 9.92. The van der Waals surface area contributed by atoms with Gasteiger partial charge >= 0.3 is 0 Å². The van der Waals surface area contributed by atoms with Gasteiger partial charge in [0.05, 0.1) is 0 Å². The molecule has 3 aliphatic rings. The van der Waals surface area contributed by atoms with E-state index >= 15 is 0 Å². The summed E-state index contributed by atoms with van der Waals surface area (Å²) in [7, 11) is 0. The predicted molar refractivity (Wildman–Crippen MR) is 93.9 cm³/mol. The van der Waals surface area contributed by atoms with Gasteiger partial charge in [0.2, 0.25) is 11.8 Å². The van der Waals surface area contributed by atoms with E-state index in [0.717, 1.165) is 70.5 Å². The summed E-state index contributed by atoms with van der Waals surface area (Å²) in [4.78, 5) is 33.5. The van der Waals surface area contributed by atoms with E-state index in [1.54, 1.807) is 0 Å². The average molecular weight is 344 g/mol. The Hall–Kier alpha value is -1.85. The fourth-order valence-corrected chi connectivity index (χ4v) is 4.70. The number of piperidine rings is 2. The summed E-state index contributed by atoms with van der Waals surface area (Å²) in [5.41, 5.74) is 1.19. The van der Waals surface area contributed by atoms with Crippen molar-refractivity contribution < 1.29 is 9.59 Å². The second-order valence-corrected chi connectivity index (χ2v) is 7.74. The van der Waals surface area contributed by atoms with Gasteiger partial charge in [-0.2, -0.15) is 0 Å². The highest BCUT2D eigenvalue weighted by atomic mass is 16.2. The maximum atomic E-state index is 12.9. The van der Waals surface area contributed by atoms with E-state index in [2.05, 4.69) is 14.5 Å². The third-order valence-corrected chi connectivity index (χ3v) is 6.22. The van der Waals surface area contributed by atoms with Crippen molar-refractivity contribution in [3.05, 3.63) is 17.7 Å². The molecule has 2 fully saturated rings. The van der Waals surface area contributed by atoms with Crippen LogP contribution in [0.15, 0.2) is 6.20 Å². The molecule has 2 saturated heterocycles. The first kappa shape index (κ1) is 16.6. The zero-order chi connectivity index (χ0) is 17.4. The molecule has 6 nitrogen and oxygen atoms in total. The van der Waals surface area contributed by atoms with Crippen LogP contribution in [0.4, 0.5) is 0 Å². The van der Waals surface area contributed by atoms with Gasteiger partial charge in [-0.15, -0.1) is 0 Å². The number of carbonyl (C=O) groups excluding carboxylic acids is 2. The molecule has 0 saturated carbocycles. The Kier molecular flexibility index (Phi) is 4.52. The standard InChI is InChI=1S/C19H28N4O2/c1-14-20-13-17-12-15(5-11-22(14)17)19(25)21-9-6-16(7-10-21)23-8-3-2-4-18(23)24/h13,15-16H,2-12H2,1H3. The van der Waals surface area contributed by atoms with Crippen LogP contribution in [0.3, 0.4) is 0 Å². The first-order valence-corrected chi connectivity index (χ1v) is 9.73. The second-order valence-electron chi connectivity index (χ2n) is 7.74. The van der Waals surface area contributed by atoms with Crippen molar-refractivity contribution >= 4 is 11.8 Å². The van der Waals surface area contributed by atoms with Crippen molar-refractivity contribution in [2.24, 2.45) is 5.92 Å². The molecule has 0 bridgehead atoms. The molecule has 1 aromatic heterocycles. The molecule has 0 aromatic carbocycles. The van der Waals surface area contributed by atoms with Crippen LogP contribution in [-0.4, -0.2) is 56.8 Å². The topological polar surface area (TPSA) is 58.4 Å². The molecule has 0 radical (unpaired) electrons. The van der Waals surface area contributed by atoms with Crippen molar-refractivity contribution in [1.82, 2.24) is 19.4 Å². The molecule has 6 heteroatoms. The van der Waals surface area contributed by atoms with Crippen molar-refractivity contribution in [2.45, 2.75) is 64.5 Å². The van der Waals surface area contributed by atoms with E-state index in [0.29, 0.717) is 24.3 Å². The summed E-state index contributed by atoms with van der Waals surface area (Å²) < 4.78 is 2.23. The normalized spacial score (nSPS) is 25.2. The van der Waals surface area contributed by atoms with Gasteiger partial charge in [-0.3, -0.25) is 9.59 Å². The molecule has 25 heavy (non-hydrogen) atoms. The highest BCUT2D eigenvalue weighted by Gasteiger charge is 2.34. The third kappa shape index (κ3) is 3.18. The fourth-order valence-electron chi connectivity index (χ4n) is 4.70. The highest BCUT2D eigenvalue weighted by molar-refractivity contribution is 5.79. The van der Waals surface area contributed by atoms with E-state index in [4.69, 9.17) is 0 Å². The smallest absolute Gasteiger partial charge is 0.226 e. The molecule has 1 unspecified atom stereocenters. The van der Waals surface area contributed by atoms with E-state index in [1.165, 1.54) is 5.69 Å². The van der Waals surface area contributed by atoms with Crippen LogP contribution in [-0.2, 0) is 22.6 Å². The van der Waals surface area contributed by atoms with E-state index < -0.39 is 0 Å². The Morgan fingerprint density at radius 3 is 2.68 bits per heavy atom. The van der Waals surface area contributed by atoms with Crippen molar-refractivity contribution in [2.75, 3.05) is 19.6 Å². The second kappa shape index (κ2) is 6.81. The molecule has 0 spiro atoms. The Balaban J connectivity index is 1.33. The Bertz CT molecular complexity index is 660. The largest absolute Gasteiger partial charge is 0.342 e. The zero-order valence-electron chi connectivity index (χ0n) is 15.1. The molecular weight excluding hydrogens is 316 g/mol. The quantitative estimate of drug-likeness (QED) is 0.821. The molecule has 136 valence electrons. The van der Waals surface area contributed by atoms with Crippen LogP contribution < -0.4 is 0 Å². The Morgan fingerprint density at radius 2 is 1.92 bits per heavy atom. The van der Waals surface area contributed by atoms with E-state index in [9.17, 15) is 9.59 Å². The number of hydrogen-bond acceptors (Lipinski definition) is 3. The number of aryl methyl sites for hydroxylation is 1. The minimum atomic E-state index is 0.0942. The highest BCUT2D eigenvalue weighted by Crippen LogP contribution is 2.26. The Morgan fingerprint density at radius 1 is 1.12 bits per heavy atom. The fraction of sp³-hybridized carbons (Fsp3) is 0.737. The lowest BCUT2D eigenvalue weighted by Gasteiger charge is -2.41. The third-order valence-electron chi connectivity index (χ3n) is 6.22. The van der Waals surface area contributed by atoms with Crippen LogP contribution in [0.1, 0.15) is 50.0 Å². The minimum absolute atomic E-state index is 0.0942. The van der Waals surface area contributed by atoms with Gasteiger partial charge in [0.15, 0.2) is 0 Å². The van der Waals surface area contributed by atoms with Gasteiger partial charge in [0.1, 0.15) is 5.82 Å².